The number of aliphatic hydroxyl groups is 1. The van der Waals surface area contributed by atoms with Gasteiger partial charge in [0.1, 0.15) is 5.60 Å². The highest BCUT2D eigenvalue weighted by molar-refractivity contribution is 6.24. The summed E-state index contributed by atoms with van der Waals surface area (Å²) >= 11 is 0. The minimum absolute atomic E-state index is 0.148. The second-order valence-electron chi connectivity index (χ2n) is 9.46. The van der Waals surface area contributed by atoms with Crippen LogP contribution < -0.4 is 0 Å². The zero-order valence-electron chi connectivity index (χ0n) is 18.9. The monoisotopic (exact) mass is 410 g/mol. The Morgan fingerprint density at radius 1 is 0.900 bits per heavy atom. The summed E-state index contributed by atoms with van der Waals surface area (Å²) in [6.07, 6.45) is 12.2. The average Bonchev–Trinajstić information content (AvgIpc) is 2.94. The minimum Gasteiger partial charge on any atom is -0.504 e. The van der Waals surface area contributed by atoms with E-state index < -0.39 is 17.1 Å². The van der Waals surface area contributed by atoms with Crippen molar-refractivity contribution in [1.29, 1.82) is 0 Å². The second kappa shape index (κ2) is 8.79. The van der Waals surface area contributed by atoms with E-state index in [4.69, 9.17) is 4.74 Å². The van der Waals surface area contributed by atoms with Gasteiger partial charge in [0.2, 0.25) is 11.6 Å². The van der Waals surface area contributed by atoms with Gasteiger partial charge in [-0.2, -0.15) is 0 Å². The van der Waals surface area contributed by atoms with Gasteiger partial charge in [0.15, 0.2) is 11.5 Å². The van der Waals surface area contributed by atoms with Crippen LogP contribution in [0, 0.1) is 5.92 Å². The van der Waals surface area contributed by atoms with Crippen LogP contribution in [0.5, 0.6) is 0 Å². The van der Waals surface area contributed by atoms with Crippen LogP contribution in [0.15, 0.2) is 57.6 Å². The molecule has 1 N–H and O–H groups in total. The predicted octanol–water partition coefficient (Wildman–Crippen LogP) is 6.21. The van der Waals surface area contributed by atoms with Gasteiger partial charge in [-0.25, -0.2) is 0 Å². The van der Waals surface area contributed by atoms with E-state index >= 15 is 0 Å². The highest BCUT2D eigenvalue weighted by Crippen LogP contribution is 2.46. The maximum absolute atomic E-state index is 13.1. The summed E-state index contributed by atoms with van der Waals surface area (Å²) in [5.41, 5.74) is 3.68. The van der Waals surface area contributed by atoms with E-state index in [0.717, 1.165) is 37.7 Å². The number of aliphatic hydroxyl groups excluding tert-OH is 1. The Bertz CT molecular complexity index is 905. The zero-order valence-corrected chi connectivity index (χ0v) is 18.9. The summed E-state index contributed by atoms with van der Waals surface area (Å²) in [5, 5.41) is 10.6. The maximum atomic E-state index is 13.1. The number of carbonyl (C=O) groups excluding carboxylic acids is 2. The van der Waals surface area contributed by atoms with Crippen molar-refractivity contribution in [3.63, 3.8) is 0 Å². The molecule has 1 atom stereocenters. The third kappa shape index (κ3) is 4.53. The Labute approximate surface area is 180 Å². The lowest BCUT2D eigenvalue weighted by Crippen LogP contribution is -2.31. The molecule has 3 aliphatic carbocycles. The quantitative estimate of drug-likeness (QED) is 0.381. The van der Waals surface area contributed by atoms with Crippen LogP contribution in [0.2, 0.25) is 0 Å². The third-order valence-corrected chi connectivity index (χ3v) is 6.57. The van der Waals surface area contributed by atoms with Crippen molar-refractivity contribution in [3.05, 3.63) is 57.6 Å². The van der Waals surface area contributed by atoms with Gasteiger partial charge in [-0.05, 0) is 79.6 Å². The normalized spacial score (nSPS) is 26.0. The van der Waals surface area contributed by atoms with Crippen LogP contribution in [-0.4, -0.2) is 22.3 Å². The smallest absolute Gasteiger partial charge is 0.228 e. The van der Waals surface area contributed by atoms with Gasteiger partial charge in [-0.15, -0.1) is 0 Å². The first-order chi connectivity index (χ1) is 14.1. The lowest BCUT2D eigenvalue weighted by Gasteiger charge is -2.27. The summed E-state index contributed by atoms with van der Waals surface area (Å²) < 4.78 is 6.03. The fraction of sp³-hybridized carbons (Fsp3) is 0.538. The molecule has 1 aliphatic heterocycles. The van der Waals surface area contributed by atoms with Crippen LogP contribution >= 0.6 is 0 Å². The summed E-state index contributed by atoms with van der Waals surface area (Å²) in [6.45, 7) is 10.2. The summed E-state index contributed by atoms with van der Waals surface area (Å²) in [7, 11) is 0. The number of ketones is 2. The molecule has 0 aromatic rings. The molecule has 4 rings (SSSR count). The Hall–Kier alpha value is -2.36. The standard InChI is InChI=1S/C26H34O4/c1-16-8-6-10-17(2)12-14-19-22(27)24(29)21-20(15-13-18(3)11-7-9-16)26(4,5)30-25(21)23(19)28/h8,11-12,20,27H,6-7,9-10,13-15H2,1-5H3. The van der Waals surface area contributed by atoms with Crippen molar-refractivity contribution >= 4 is 11.6 Å². The van der Waals surface area contributed by atoms with Gasteiger partial charge < -0.3 is 9.84 Å². The van der Waals surface area contributed by atoms with Crippen molar-refractivity contribution in [2.75, 3.05) is 0 Å². The van der Waals surface area contributed by atoms with E-state index in [1.54, 1.807) is 0 Å². The lowest BCUT2D eigenvalue weighted by atomic mass is 9.77. The first-order valence-corrected chi connectivity index (χ1v) is 11.0. The fourth-order valence-corrected chi connectivity index (χ4v) is 4.56. The molecule has 4 aliphatic rings. The van der Waals surface area contributed by atoms with Crippen LogP contribution in [0.1, 0.15) is 79.6 Å². The second-order valence-corrected chi connectivity index (χ2v) is 9.46. The van der Waals surface area contributed by atoms with Gasteiger partial charge >= 0.3 is 0 Å². The zero-order chi connectivity index (χ0) is 22.1. The Kier molecular flexibility index (Phi) is 6.54. The van der Waals surface area contributed by atoms with Gasteiger partial charge in [0.25, 0.3) is 0 Å². The SMILES string of the molecule is CC1=CCCC(C)=CCC2=C(O)C(=O)C3=C(OC(C)(C)C3CCC(C)=CCC1)C2=O. The number of hydrogen-bond donors (Lipinski definition) is 1. The minimum atomic E-state index is -0.653. The largest absolute Gasteiger partial charge is 0.504 e. The van der Waals surface area contributed by atoms with E-state index in [0.29, 0.717) is 12.0 Å². The molecule has 0 saturated carbocycles. The number of Topliss-reactive ketones (excluding diaryl/α,β-unsaturated/α-hetero) is 2. The Morgan fingerprint density at radius 2 is 1.47 bits per heavy atom. The van der Waals surface area contributed by atoms with E-state index in [-0.39, 0.29) is 29.5 Å². The number of rotatable bonds is 0. The molecule has 0 fully saturated rings. The molecule has 0 aromatic carbocycles. The van der Waals surface area contributed by atoms with Gasteiger partial charge in [0.05, 0.1) is 11.1 Å². The number of fused-ring (bicyclic) bond motifs is 10. The first-order valence-electron chi connectivity index (χ1n) is 11.0. The Morgan fingerprint density at radius 3 is 2.10 bits per heavy atom. The van der Waals surface area contributed by atoms with E-state index in [2.05, 4.69) is 26.0 Å². The van der Waals surface area contributed by atoms with Crippen LogP contribution in [0.4, 0.5) is 0 Å². The average molecular weight is 411 g/mol. The molecule has 30 heavy (non-hydrogen) atoms. The van der Waals surface area contributed by atoms with Crippen LogP contribution in [0.3, 0.4) is 0 Å². The van der Waals surface area contributed by atoms with Crippen LogP contribution in [-0.2, 0) is 14.3 Å². The highest BCUT2D eigenvalue weighted by Gasteiger charge is 2.51. The first kappa shape index (κ1) is 22.3. The van der Waals surface area contributed by atoms with E-state index in [1.165, 1.54) is 11.1 Å². The third-order valence-electron chi connectivity index (χ3n) is 6.57. The van der Waals surface area contributed by atoms with Crippen molar-refractivity contribution < 1.29 is 19.4 Å². The molecule has 1 unspecified atom stereocenters. The molecule has 0 spiro atoms. The van der Waals surface area contributed by atoms with E-state index in [9.17, 15) is 14.7 Å². The summed E-state index contributed by atoms with van der Waals surface area (Å²) in [6, 6.07) is 0. The van der Waals surface area contributed by atoms with Crippen molar-refractivity contribution in [3.8, 4) is 0 Å². The van der Waals surface area contributed by atoms with E-state index in [1.807, 2.05) is 26.8 Å². The van der Waals surface area contributed by atoms with Gasteiger partial charge in [0, 0.05) is 5.92 Å². The van der Waals surface area contributed by atoms with Crippen LogP contribution in [0.25, 0.3) is 0 Å². The molecule has 162 valence electrons. The molecular weight excluding hydrogens is 376 g/mol. The summed E-state index contributed by atoms with van der Waals surface area (Å²) in [4.78, 5) is 26.2. The molecule has 0 radical (unpaired) electrons. The molecule has 4 nitrogen and oxygen atoms in total. The van der Waals surface area contributed by atoms with Gasteiger partial charge in [-0.1, -0.05) is 34.9 Å². The van der Waals surface area contributed by atoms with Gasteiger partial charge in [-0.3, -0.25) is 9.59 Å². The number of hydrogen-bond acceptors (Lipinski definition) is 4. The molecule has 0 saturated heterocycles. The summed E-state index contributed by atoms with van der Waals surface area (Å²) in [5.74, 6) is -1.25. The molecule has 4 heteroatoms. The molecular formula is C26H34O4. The molecule has 4 bridgehead atoms. The Balaban J connectivity index is 1.98. The molecule has 0 aromatic heterocycles. The number of ether oxygens (including phenoxy) is 1. The van der Waals surface area contributed by atoms with Crippen molar-refractivity contribution in [2.45, 2.75) is 85.2 Å². The topological polar surface area (TPSA) is 63.6 Å². The maximum Gasteiger partial charge on any atom is 0.228 e. The van der Waals surface area contributed by atoms with Crippen molar-refractivity contribution in [1.82, 2.24) is 0 Å². The lowest BCUT2D eigenvalue weighted by molar-refractivity contribution is -0.120. The fourth-order valence-electron chi connectivity index (χ4n) is 4.56. The predicted molar refractivity (Wildman–Crippen MR) is 119 cm³/mol. The highest BCUT2D eigenvalue weighted by atomic mass is 16.5. The van der Waals surface area contributed by atoms with Crippen molar-refractivity contribution in [2.24, 2.45) is 5.92 Å². The number of carbonyl (C=O) groups is 2. The molecule has 0 amide bonds. The molecule has 1 heterocycles. The number of allylic oxidation sites excluding steroid dienone is 8.